The summed E-state index contributed by atoms with van der Waals surface area (Å²) in [6.07, 6.45) is 0. The van der Waals surface area contributed by atoms with E-state index in [0.29, 0.717) is 16.3 Å². The predicted octanol–water partition coefficient (Wildman–Crippen LogP) is 2.19. The topological polar surface area (TPSA) is 96.9 Å². The van der Waals surface area contributed by atoms with Crippen LogP contribution >= 0.6 is 11.6 Å². The van der Waals surface area contributed by atoms with Crippen LogP contribution in [0.4, 0.5) is 5.69 Å². The van der Waals surface area contributed by atoms with Crippen molar-refractivity contribution in [3.8, 4) is 0 Å². The molecule has 0 aliphatic heterocycles. The van der Waals surface area contributed by atoms with Crippen LogP contribution in [0.3, 0.4) is 0 Å². The Hall–Kier alpha value is -1.79. The molecule has 0 aliphatic carbocycles. The molecule has 4 N–H and O–H groups in total. The number of halogens is 1. The Balaban J connectivity index is 2.86. The smallest absolute Gasteiger partial charge is 0.250 e. The maximum atomic E-state index is 11.8. The molecule has 0 atom stereocenters. The number of rotatable bonds is 4. The van der Waals surface area contributed by atoms with Crippen LogP contribution in [-0.4, -0.2) is 29.2 Å². The molecule has 1 aromatic rings. The molecule has 1 aromatic carbocycles. The summed E-state index contributed by atoms with van der Waals surface area (Å²) in [5, 5.41) is 14.7. The highest BCUT2D eigenvalue weighted by Crippen LogP contribution is 2.21. The number of benzene rings is 1. The van der Waals surface area contributed by atoms with Gasteiger partial charge in [-0.25, -0.2) is 0 Å². The van der Waals surface area contributed by atoms with Crippen molar-refractivity contribution in [2.24, 2.45) is 10.9 Å². The molecule has 0 bridgehead atoms. The molecule has 0 saturated heterocycles. The van der Waals surface area contributed by atoms with Gasteiger partial charge in [0.1, 0.15) is 6.61 Å². The molecule has 0 spiro atoms. The Morgan fingerprint density at radius 2 is 2.15 bits per heavy atom. The summed E-state index contributed by atoms with van der Waals surface area (Å²) in [7, 11) is 0. The zero-order chi connectivity index (χ0) is 15.3. The second-order valence-corrected chi connectivity index (χ2v) is 5.56. The Bertz CT molecular complexity index is 524. The lowest BCUT2D eigenvalue weighted by atomic mass is 10.1. The second-order valence-electron chi connectivity index (χ2n) is 5.12. The predicted molar refractivity (Wildman–Crippen MR) is 78.3 cm³/mol. The highest BCUT2D eigenvalue weighted by atomic mass is 35.5. The minimum Gasteiger partial charge on any atom is -0.409 e. The highest BCUT2D eigenvalue weighted by molar-refractivity contribution is 6.31. The van der Waals surface area contributed by atoms with Gasteiger partial charge in [-0.3, -0.25) is 4.79 Å². The average molecular weight is 300 g/mol. The van der Waals surface area contributed by atoms with Gasteiger partial charge in [-0.2, -0.15) is 0 Å². The number of ether oxygens (including phenoxy) is 1. The van der Waals surface area contributed by atoms with E-state index >= 15 is 0 Å². The van der Waals surface area contributed by atoms with Crippen molar-refractivity contribution in [3.63, 3.8) is 0 Å². The largest absolute Gasteiger partial charge is 0.409 e. The van der Waals surface area contributed by atoms with Crippen LogP contribution in [0.15, 0.2) is 23.4 Å². The van der Waals surface area contributed by atoms with E-state index < -0.39 is 5.60 Å². The van der Waals surface area contributed by atoms with E-state index in [1.54, 1.807) is 12.1 Å². The average Bonchev–Trinajstić information content (AvgIpc) is 2.35. The quantitative estimate of drug-likeness (QED) is 0.343. The standard InChI is InChI=1S/C13H18ClN3O3/c1-13(2,3)20-7-11(18)16-10-6-8(14)4-5-9(10)12(15)17-19/h4-6,19H,7H2,1-3H3,(H2,15,17)(H,16,18). The summed E-state index contributed by atoms with van der Waals surface area (Å²) in [6.45, 7) is 5.44. The number of amidine groups is 1. The van der Waals surface area contributed by atoms with Gasteiger partial charge in [-0.05, 0) is 39.0 Å². The van der Waals surface area contributed by atoms with E-state index in [9.17, 15) is 4.79 Å². The second kappa shape index (κ2) is 6.58. The third-order valence-electron chi connectivity index (χ3n) is 2.28. The van der Waals surface area contributed by atoms with E-state index in [1.165, 1.54) is 6.07 Å². The SMILES string of the molecule is CC(C)(C)OCC(=O)Nc1cc(Cl)ccc1/C(N)=N/O. The number of hydrogen-bond acceptors (Lipinski definition) is 4. The number of nitrogens with two attached hydrogens (primary N) is 1. The third kappa shape index (κ3) is 5.07. The summed E-state index contributed by atoms with van der Waals surface area (Å²) < 4.78 is 5.36. The van der Waals surface area contributed by atoms with Crippen LogP contribution in [0, 0.1) is 0 Å². The van der Waals surface area contributed by atoms with Crippen LogP contribution in [0.2, 0.25) is 5.02 Å². The Labute approximate surface area is 122 Å². The Kier molecular flexibility index (Phi) is 5.35. The van der Waals surface area contributed by atoms with Crippen molar-refractivity contribution in [1.82, 2.24) is 0 Å². The number of anilines is 1. The minimum absolute atomic E-state index is 0.106. The molecule has 20 heavy (non-hydrogen) atoms. The van der Waals surface area contributed by atoms with Crippen molar-refractivity contribution in [1.29, 1.82) is 0 Å². The summed E-state index contributed by atoms with van der Waals surface area (Å²) in [5.41, 5.74) is 5.85. The van der Waals surface area contributed by atoms with Gasteiger partial charge in [0.15, 0.2) is 5.84 Å². The van der Waals surface area contributed by atoms with E-state index in [2.05, 4.69) is 10.5 Å². The Morgan fingerprint density at radius 3 is 2.70 bits per heavy atom. The van der Waals surface area contributed by atoms with Gasteiger partial charge in [0.2, 0.25) is 5.91 Å². The first kappa shape index (κ1) is 16.3. The van der Waals surface area contributed by atoms with Crippen molar-refractivity contribution < 1.29 is 14.7 Å². The van der Waals surface area contributed by atoms with Crippen molar-refractivity contribution in [2.75, 3.05) is 11.9 Å². The number of oxime groups is 1. The molecule has 1 rings (SSSR count). The molecule has 0 unspecified atom stereocenters. The molecular formula is C13H18ClN3O3. The maximum Gasteiger partial charge on any atom is 0.250 e. The molecular weight excluding hydrogens is 282 g/mol. The molecule has 6 nitrogen and oxygen atoms in total. The van der Waals surface area contributed by atoms with Crippen LogP contribution in [0.25, 0.3) is 0 Å². The highest BCUT2D eigenvalue weighted by Gasteiger charge is 2.15. The third-order valence-corrected chi connectivity index (χ3v) is 2.51. The maximum absolute atomic E-state index is 11.8. The fraction of sp³-hybridized carbons (Fsp3) is 0.385. The van der Waals surface area contributed by atoms with Crippen LogP contribution in [-0.2, 0) is 9.53 Å². The van der Waals surface area contributed by atoms with E-state index in [4.69, 9.17) is 27.3 Å². The van der Waals surface area contributed by atoms with E-state index in [-0.39, 0.29) is 18.3 Å². The van der Waals surface area contributed by atoms with Gasteiger partial charge in [0.25, 0.3) is 0 Å². The van der Waals surface area contributed by atoms with Crippen molar-refractivity contribution in [2.45, 2.75) is 26.4 Å². The van der Waals surface area contributed by atoms with E-state index in [1.807, 2.05) is 20.8 Å². The number of nitrogens with zero attached hydrogens (tertiary/aromatic N) is 1. The molecule has 1 amide bonds. The minimum atomic E-state index is -0.417. The summed E-state index contributed by atoms with van der Waals surface area (Å²) in [5.74, 6) is -0.470. The molecule has 0 fully saturated rings. The molecule has 0 radical (unpaired) electrons. The summed E-state index contributed by atoms with van der Waals surface area (Å²) in [6, 6.07) is 4.65. The lowest BCUT2D eigenvalue weighted by Gasteiger charge is -2.19. The number of carbonyl (C=O) groups excluding carboxylic acids is 1. The number of hydrogen-bond donors (Lipinski definition) is 3. The molecule has 0 saturated carbocycles. The van der Waals surface area contributed by atoms with Crippen LogP contribution in [0.5, 0.6) is 0 Å². The van der Waals surface area contributed by atoms with Crippen LogP contribution in [0.1, 0.15) is 26.3 Å². The Morgan fingerprint density at radius 1 is 1.50 bits per heavy atom. The summed E-state index contributed by atoms with van der Waals surface area (Å²) >= 11 is 5.87. The zero-order valence-corrected chi connectivity index (χ0v) is 12.4. The molecule has 0 heterocycles. The van der Waals surface area contributed by atoms with E-state index in [0.717, 1.165) is 0 Å². The lowest BCUT2D eigenvalue weighted by Crippen LogP contribution is -2.28. The number of carbonyl (C=O) groups is 1. The normalized spacial score (nSPS) is 12.3. The van der Waals surface area contributed by atoms with Crippen LogP contribution < -0.4 is 11.1 Å². The molecule has 110 valence electrons. The molecule has 7 heteroatoms. The molecule has 0 aliphatic rings. The summed E-state index contributed by atoms with van der Waals surface area (Å²) in [4.78, 5) is 11.8. The monoisotopic (exact) mass is 299 g/mol. The van der Waals surface area contributed by atoms with Gasteiger partial charge in [-0.15, -0.1) is 0 Å². The first-order chi connectivity index (χ1) is 9.23. The fourth-order valence-electron chi connectivity index (χ4n) is 1.37. The fourth-order valence-corrected chi connectivity index (χ4v) is 1.54. The first-order valence-corrected chi connectivity index (χ1v) is 6.32. The first-order valence-electron chi connectivity index (χ1n) is 5.94. The van der Waals surface area contributed by atoms with Gasteiger partial charge in [-0.1, -0.05) is 16.8 Å². The number of amides is 1. The lowest BCUT2D eigenvalue weighted by molar-refractivity contribution is -0.125. The van der Waals surface area contributed by atoms with Gasteiger partial charge in [0.05, 0.1) is 11.3 Å². The molecule has 0 aromatic heterocycles. The van der Waals surface area contributed by atoms with Gasteiger partial charge in [0, 0.05) is 10.6 Å². The zero-order valence-electron chi connectivity index (χ0n) is 11.6. The number of nitrogens with one attached hydrogen (secondary N) is 1. The van der Waals surface area contributed by atoms with Crippen molar-refractivity contribution >= 4 is 29.0 Å². The van der Waals surface area contributed by atoms with Gasteiger partial charge < -0.3 is 21.0 Å². The van der Waals surface area contributed by atoms with Crippen molar-refractivity contribution in [3.05, 3.63) is 28.8 Å². The van der Waals surface area contributed by atoms with Gasteiger partial charge >= 0.3 is 0 Å².